The predicted molar refractivity (Wildman–Crippen MR) is 133 cm³/mol. The van der Waals surface area contributed by atoms with Gasteiger partial charge in [-0.25, -0.2) is 18.2 Å². The number of aromatic amines is 1. The number of phenols is 1. The molecule has 0 spiro atoms. The maximum absolute atomic E-state index is 14.3. The highest BCUT2D eigenvalue weighted by Gasteiger charge is 2.24. The number of nitrogens with zero attached hydrogens (tertiary/aromatic N) is 2. The number of carbonyl (C=O) groups excluding carboxylic acids is 2. The van der Waals surface area contributed by atoms with Gasteiger partial charge in [-0.3, -0.25) is 13.9 Å². The number of H-pyrrole nitrogens is 1. The lowest BCUT2D eigenvalue weighted by molar-refractivity contribution is 0.103. The topological polar surface area (TPSA) is 112 Å². The van der Waals surface area contributed by atoms with Gasteiger partial charge in [-0.1, -0.05) is 12.8 Å². The molecule has 1 aliphatic rings. The van der Waals surface area contributed by atoms with E-state index >= 15 is 0 Å². The number of ketones is 1. The van der Waals surface area contributed by atoms with Crippen molar-refractivity contribution >= 4 is 41.6 Å². The second-order valence-electron chi connectivity index (χ2n) is 8.15. The molecule has 36 heavy (non-hydrogen) atoms. The summed E-state index contributed by atoms with van der Waals surface area (Å²) in [6.07, 6.45) is 5.46. The minimum atomic E-state index is -1.17. The molecule has 4 N–H and O–H groups in total. The fraction of sp³-hybridized carbons (Fsp3) is 0.160. The molecule has 0 amide bonds. The summed E-state index contributed by atoms with van der Waals surface area (Å²) >= 11 is 4.13. The van der Waals surface area contributed by atoms with Crippen molar-refractivity contribution in [3.8, 4) is 16.9 Å². The Kier molecular flexibility index (Phi) is 7.32. The number of thiol groups is 1. The van der Waals surface area contributed by atoms with Crippen LogP contribution in [-0.4, -0.2) is 44.5 Å². The smallest absolute Gasteiger partial charge is 0.201 e. The summed E-state index contributed by atoms with van der Waals surface area (Å²) in [5, 5.41) is 10.1. The number of nitrogen functional groups attached to an aromatic ring is 1. The van der Waals surface area contributed by atoms with Gasteiger partial charge < -0.3 is 15.8 Å². The van der Waals surface area contributed by atoms with E-state index in [1.165, 1.54) is 50.5 Å². The number of rotatable bonds is 4. The molecule has 3 heterocycles. The molecule has 186 valence electrons. The lowest BCUT2D eigenvalue weighted by atomic mass is 9.99. The first-order chi connectivity index (χ1) is 17.2. The van der Waals surface area contributed by atoms with Gasteiger partial charge in [-0.2, -0.15) is 0 Å². The monoisotopic (exact) mass is 514 g/mol. The Morgan fingerprint density at radius 2 is 1.83 bits per heavy atom. The van der Waals surface area contributed by atoms with E-state index in [-0.39, 0.29) is 34.1 Å². The summed E-state index contributed by atoms with van der Waals surface area (Å²) in [4.78, 5) is 30.5. The molecule has 5 rings (SSSR count). The molecular weight excluding hydrogens is 493 g/mol. The van der Waals surface area contributed by atoms with Gasteiger partial charge >= 0.3 is 0 Å². The molecule has 2 aromatic heterocycles. The zero-order valence-corrected chi connectivity index (χ0v) is 19.7. The molecule has 11 heteroatoms. The van der Waals surface area contributed by atoms with Crippen LogP contribution in [0.15, 0.2) is 42.7 Å². The molecule has 0 atom stereocenters. The van der Waals surface area contributed by atoms with E-state index < -0.39 is 40.1 Å². The molecule has 1 fully saturated rings. The van der Waals surface area contributed by atoms with E-state index in [9.17, 15) is 27.9 Å². The molecule has 0 bridgehead atoms. The molecule has 0 radical (unpaired) electrons. The minimum Gasteiger partial charge on any atom is -0.507 e. The van der Waals surface area contributed by atoms with Crippen molar-refractivity contribution in [1.82, 2.24) is 14.3 Å². The average Bonchev–Trinajstić information content (AvgIpc) is 3.50. The molecule has 1 aliphatic heterocycles. The first-order valence-electron chi connectivity index (χ1n) is 10.9. The molecule has 0 saturated carbocycles. The molecule has 0 unspecified atom stereocenters. The summed E-state index contributed by atoms with van der Waals surface area (Å²) in [7, 11) is 0. The van der Waals surface area contributed by atoms with Crippen LogP contribution in [0.1, 0.15) is 39.1 Å². The lowest BCUT2D eigenvalue weighted by Crippen LogP contribution is -2.09. The number of phenolic OH excluding ortho intramolecular Hbond substituents is 1. The van der Waals surface area contributed by atoms with E-state index in [0.717, 1.165) is 18.2 Å². The van der Waals surface area contributed by atoms with E-state index in [1.807, 2.05) is 0 Å². The van der Waals surface area contributed by atoms with Crippen molar-refractivity contribution in [2.24, 2.45) is 0 Å². The van der Waals surface area contributed by atoms with Crippen molar-refractivity contribution in [3.05, 3.63) is 76.9 Å². The first kappa shape index (κ1) is 25.3. The molecule has 1 saturated heterocycles. The van der Waals surface area contributed by atoms with Gasteiger partial charge in [0.1, 0.15) is 23.0 Å². The summed E-state index contributed by atoms with van der Waals surface area (Å²) < 4.78 is 44.5. The van der Waals surface area contributed by atoms with Crippen LogP contribution in [0.25, 0.3) is 22.2 Å². The molecular formula is C25H21F3N4O3S. The minimum absolute atomic E-state index is 0.0723. The molecule has 2 aromatic carbocycles. The maximum atomic E-state index is 14.3. The number of hydrogen-bond acceptors (Lipinski definition) is 7. The number of aromatic nitrogens is 2. The van der Waals surface area contributed by atoms with E-state index in [1.54, 1.807) is 0 Å². The normalized spacial score (nSPS) is 13.4. The van der Waals surface area contributed by atoms with E-state index in [0.29, 0.717) is 5.56 Å². The van der Waals surface area contributed by atoms with E-state index in [2.05, 4.69) is 27.1 Å². The molecule has 4 aromatic rings. The number of aromatic hydroxyl groups is 1. The number of halogens is 3. The lowest BCUT2D eigenvalue weighted by Gasteiger charge is -2.07. The Labute approximate surface area is 209 Å². The number of anilines is 1. The van der Waals surface area contributed by atoms with Crippen LogP contribution >= 0.6 is 12.8 Å². The fourth-order valence-electron chi connectivity index (χ4n) is 3.85. The third-order valence-electron chi connectivity index (χ3n) is 5.77. The van der Waals surface area contributed by atoms with Gasteiger partial charge in [0, 0.05) is 42.0 Å². The summed E-state index contributed by atoms with van der Waals surface area (Å²) in [5.74, 6) is -4.69. The summed E-state index contributed by atoms with van der Waals surface area (Å²) in [6.45, 7) is 2.37. The largest absolute Gasteiger partial charge is 0.507 e. The van der Waals surface area contributed by atoms with Gasteiger partial charge in [0.15, 0.2) is 12.1 Å². The van der Waals surface area contributed by atoms with Crippen molar-refractivity contribution in [2.75, 3.05) is 18.8 Å². The number of nitrogens with two attached hydrogens (primary N) is 1. The highest BCUT2D eigenvalue weighted by atomic mass is 32.1. The van der Waals surface area contributed by atoms with Crippen LogP contribution in [0.2, 0.25) is 0 Å². The Balaban J connectivity index is 0.000000445. The number of carbonyl (C=O) groups is 2. The quantitative estimate of drug-likeness (QED) is 0.133. The van der Waals surface area contributed by atoms with E-state index in [4.69, 9.17) is 5.73 Å². The van der Waals surface area contributed by atoms with Crippen LogP contribution in [0.3, 0.4) is 0 Å². The second kappa shape index (κ2) is 10.4. The van der Waals surface area contributed by atoms with Crippen LogP contribution in [0, 0.1) is 17.5 Å². The van der Waals surface area contributed by atoms with Crippen LogP contribution in [0.5, 0.6) is 5.75 Å². The van der Waals surface area contributed by atoms with Gasteiger partial charge in [0.2, 0.25) is 5.78 Å². The first-order valence-corrected chi connectivity index (χ1v) is 11.3. The zero-order chi connectivity index (χ0) is 26.0. The fourth-order valence-corrected chi connectivity index (χ4v) is 4.13. The maximum Gasteiger partial charge on any atom is 0.201 e. The second-order valence-corrected chi connectivity index (χ2v) is 8.71. The number of pyridine rings is 1. The van der Waals surface area contributed by atoms with Crippen molar-refractivity contribution in [2.45, 2.75) is 12.8 Å². The highest BCUT2D eigenvalue weighted by Crippen LogP contribution is 2.31. The number of aldehydes is 1. The zero-order valence-electron chi connectivity index (χ0n) is 18.8. The van der Waals surface area contributed by atoms with Crippen LogP contribution < -0.4 is 5.73 Å². The van der Waals surface area contributed by atoms with Crippen molar-refractivity contribution in [1.29, 1.82) is 0 Å². The third kappa shape index (κ3) is 4.93. The summed E-state index contributed by atoms with van der Waals surface area (Å²) in [5.41, 5.74) is 4.45. The Morgan fingerprint density at radius 3 is 2.44 bits per heavy atom. The van der Waals surface area contributed by atoms with Gasteiger partial charge in [-0.05, 0) is 48.7 Å². The third-order valence-corrected chi connectivity index (χ3v) is 6.17. The number of hydrogen-bond donors (Lipinski definition) is 4. The summed E-state index contributed by atoms with van der Waals surface area (Å²) in [6, 6.07) is 5.55. The molecule has 0 aliphatic carbocycles. The molecule has 7 nitrogen and oxygen atoms in total. The standard InChI is InChI=1S/C21H12F3N3O3.C4H9NS/c22-14-1-2-16(25)19(24)18(14)20(30)12-7-27-21-11(12)3-10(6-26-21)9-4-15(23)13(8-28)17(29)5-9;6-5-3-1-2-4-5/h1-8,29H,25H2,(H,26,27);6H,1-4H2. The number of benzene rings is 2. The van der Waals surface area contributed by atoms with Crippen LogP contribution in [-0.2, 0) is 0 Å². The van der Waals surface area contributed by atoms with Crippen molar-refractivity contribution < 1.29 is 27.9 Å². The van der Waals surface area contributed by atoms with Gasteiger partial charge in [-0.15, -0.1) is 0 Å². The van der Waals surface area contributed by atoms with Gasteiger partial charge in [0.25, 0.3) is 0 Å². The van der Waals surface area contributed by atoms with Gasteiger partial charge in [0.05, 0.1) is 16.8 Å². The van der Waals surface area contributed by atoms with Crippen molar-refractivity contribution in [3.63, 3.8) is 0 Å². The number of nitrogens with one attached hydrogen (secondary N) is 1. The Hall–Kier alpha value is -3.83. The predicted octanol–water partition coefficient (Wildman–Crippen LogP) is 4.91. The Bertz CT molecular complexity index is 1450. The Morgan fingerprint density at radius 1 is 1.11 bits per heavy atom. The SMILES string of the molecule is Nc1ccc(F)c(C(=O)c2c[nH]c3ncc(-c4cc(O)c(C=O)c(F)c4)cc23)c1F.SN1CCCC1. The average molecular weight is 515 g/mol. The number of fused-ring (bicyclic) bond motifs is 1. The van der Waals surface area contributed by atoms with Crippen LogP contribution in [0.4, 0.5) is 18.9 Å². The highest BCUT2D eigenvalue weighted by molar-refractivity contribution is 7.77.